The van der Waals surface area contributed by atoms with Gasteiger partial charge in [0, 0.05) is 0 Å². The number of benzene rings is 3. The molecule has 0 bridgehead atoms. The van der Waals surface area contributed by atoms with Gasteiger partial charge < -0.3 is 4.43 Å². The summed E-state index contributed by atoms with van der Waals surface area (Å²) in [7, 11) is 0.824. The Morgan fingerprint density at radius 1 is 0.704 bits per heavy atom. The third-order valence-corrected chi connectivity index (χ3v) is 5.53. The average Bonchev–Trinajstić information content (AvgIpc) is 2.76. The molecular formula is C25H30OSi. The first kappa shape index (κ1) is 19.6. The van der Waals surface area contributed by atoms with E-state index in [0.29, 0.717) is 0 Å². The van der Waals surface area contributed by atoms with Crippen molar-refractivity contribution >= 4 is 10.5 Å². The quantitative estimate of drug-likeness (QED) is 0.518. The number of hydrogen-bond donors (Lipinski definition) is 0. The summed E-state index contributed by atoms with van der Waals surface area (Å²) in [6, 6.07) is 30.0. The van der Waals surface area contributed by atoms with E-state index in [1.807, 2.05) is 18.2 Å². The van der Waals surface area contributed by atoms with Crippen LogP contribution in [-0.4, -0.2) is 10.5 Å². The zero-order valence-electron chi connectivity index (χ0n) is 16.3. The molecule has 0 unspecified atom stereocenters. The fraction of sp³-hybridized carbons (Fsp3) is 0.280. The topological polar surface area (TPSA) is 9.23 Å². The largest absolute Gasteiger partial charge is 0.424 e. The van der Waals surface area contributed by atoms with Crippen molar-refractivity contribution in [3.63, 3.8) is 0 Å². The van der Waals surface area contributed by atoms with Crippen LogP contribution in [0.3, 0.4) is 0 Å². The van der Waals surface area contributed by atoms with Crippen LogP contribution in [0.15, 0.2) is 84.9 Å². The predicted molar refractivity (Wildman–Crippen MR) is 119 cm³/mol. The van der Waals surface area contributed by atoms with Crippen LogP contribution < -0.4 is 0 Å². The summed E-state index contributed by atoms with van der Waals surface area (Å²) < 4.78 is 5.07. The van der Waals surface area contributed by atoms with E-state index in [9.17, 15) is 0 Å². The molecule has 0 atom stereocenters. The predicted octanol–water partition coefficient (Wildman–Crippen LogP) is 5.88. The van der Waals surface area contributed by atoms with Gasteiger partial charge in [-0.1, -0.05) is 104 Å². The minimum absolute atomic E-state index is 0.771. The van der Waals surface area contributed by atoms with Crippen LogP contribution in [0.1, 0.15) is 49.1 Å². The molecule has 0 saturated heterocycles. The van der Waals surface area contributed by atoms with Gasteiger partial charge in [-0.05, 0) is 41.0 Å². The molecule has 0 radical (unpaired) electrons. The van der Waals surface area contributed by atoms with Crippen LogP contribution >= 0.6 is 0 Å². The van der Waals surface area contributed by atoms with Crippen LogP contribution in [-0.2, 0) is 11.0 Å². The first-order chi connectivity index (χ1) is 13.4. The zero-order chi connectivity index (χ0) is 18.7. The number of hydrogen-bond acceptors (Lipinski definition) is 1. The second-order valence-electron chi connectivity index (χ2n) is 7.21. The molecule has 1 aliphatic rings. The molecule has 1 nitrogen and oxygen atoms in total. The van der Waals surface area contributed by atoms with Gasteiger partial charge in [0.05, 0.1) is 6.61 Å². The maximum atomic E-state index is 5.07. The van der Waals surface area contributed by atoms with Gasteiger partial charge in [0.25, 0.3) is 0 Å². The lowest BCUT2D eigenvalue weighted by Crippen LogP contribution is -2.05. The first-order valence-corrected chi connectivity index (χ1v) is 10.9. The Kier molecular flexibility index (Phi) is 7.88. The van der Waals surface area contributed by atoms with Gasteiger partial charge in [0.2, 0.25) is 0 Å². The highest BCUT2D eigenvalue weighted by molar-refractivity contribution is 5.97. The zero-order valence-corrected chi connectivity index (χ0v) is 18.3. The van der Waals surface area contributed by atoms with Gasteiger partial charge in [-0.2, -0.15) is 0 Å². The summed E-state index contributed by atoms with van der Waals surface area (Å²) in [6.07, 6.45) is 6.94. The third-order valence-electron chi connectivity index (χ3n) is 5.24. The van der Waals surface area contributed by atoms with E-state index in [1.54, 1.807) is 5.56 Å². The van der Waals surface area contributed by atoms with E-state index in [0.717, 1.165) is 23.0 Å². The molecule has 3 aromatic carbocycles. The maximum Gasteiger partial charge on any atom is 0.146 e. The van der Waals surface area contributed by atoms with Crippen LogP contribution in [0.25, 0.3) is 11.1 Å². The first-order valence-electron chi connectivity index (χ1n) is 10.1. The standard InChI is InChI=1S/C18H20.C7H10OSi/c1-3-9-15(10-4-1)17-13-7-8-14-18(17)16-11-5-2-6-12-16;9-8-6-7-4-2-1-3-5-7/h1,3-4,7-10,13-14,16H,2,5-6,11-12H2;1-5H,6H2,9H3. The lowest BCUT2D eigenvalue weighted by molar-refractivity contribution is 0.338. The second kappa shape index (κ2) is 10.9. The number of rotatable bonds is 4. The molecule has 140 valence electrons. The Labute approximate surface area is 167 Å². The minimum Gasteiger partial charge on any atom is -0.424 e. The smallest absolute Gasteiger partial charge is 0.146 e. The monoisotopic (exact) mass is 374 g/mol. The van der Waals surface area contributed by atoms with Crippen LogP contribution in [0.5, 0.6) is 0 Å². The van der Waals surface area contributed by atoms with Crippen molar-refractivity contribution in [2.75, 3.05) is 0 Å². The summed E-state index contributed by atoms with van der Waals surface area (Å²) >= 11 is 0. The molecule has 0 aliphatic heterocycles. The maximum absolute atomic E-state index is 5.07. The van der Waals surface area contributed by atoms with Crippen LogP contribution in [0, 0.1) is 0 Å². The molecule has 1 fully saturated rings. The summed E-state index contributed by atoms with van der Waals surface area (Å²) in [4.78, 5) is 0. The second-order valence-corrected chi connectivity index (χ2v) is 7.78. The van der Waals surface area contributed by atoms with Crippen molar-refractivity contribution in [2.24, 2.45) is 0 Å². The summed E-state index contributed by atoms with van der Waals surface area (Å²) in [6.45, 7) is 0.771. The summed E-state index contributed by atoms with van der Waals surface area (Å²) in [5.41, 5.74) is 5.61. The van der Waals surface area contributed by atoms with Gasteiger partial charge in [-0.15, -0.1) is 0 Å². The average molecular weight is 375 g/mol. The van der Waals surface area contributed by atoms with E-state index in [1.165, 1.54) is 48.8 Å². The van der Waals surface area contributed by atoms with Crippen molar-refractivity contribution in [2.45, 2.75) is 44.6 Å². The van der Waals surface area contributed by atoms with Crippen molar-refractivity contribution in [1.29, 1.82) is 0 Å². The lowest BCUT2D eigenvalue weighted by Gasteiger charge is -2.24. The molecular weight excluding hydrogens is 344 g/mol. The molecule has 3 aromatic rings. The van der Waals surface area contributed by atoms with Gasteiger partial charge in [0.15, 0.2) is 0 Å². The normalized spacial score (nSPS) is 14.4. The van der Waals surface area contributed by atoms with Crippen molar-refractivity contribution in [3.8, 4) is 11.1 Å². The highest BCUT2D eigenvalue weighted by Gasteiger charge is 2.18. The Morgan fingerprint density at radius 2 is 1.30 bits per heavy atom. The van der Waals surface area contributed by atoms with E-state index in [-0.39, 0.29) is 0 Å². The Hall–Kier alpha value is -2.16. The van der Waals surface area contributed by atoms with Crippen molar-refractivity contribution in [3.05, 3.63) is 96.1 Å². The lowest BCUT2D eigenvalue weighted by atomic mass is 9.81. The summed E-state index contributed by atoms with van der Waals surface area (Å²) in [5.74, 6) is 0.773. The minimum atomic E-state index is 0.771. The van der Waals surface area contributed by atoms with E-state index >= 15 is 0 Å². The van der Waals surface area contributed by atoms with Crippen molar-refractivity contribution < 1.29 is 4.43 Å². The molecule has 0 spiro atoms. The SMILES string of the molecule is [SiH3]OCc1ccccc1.c1ccc(-c2ccccc2C2CCCCC2)cc1. The van der Waals surface area contributed by atoms with E-state index in [4.69, 9.17) is 4.43 Å². The molecule has 0 amide bonds. The van der Waals surface area contributed by atoms with Crippen molar-refractivity contribution in [1.82, 2.24) is 0 Å². The summed E-state index contributed by atoms with van der Waals surface area (Å²) in [5, 5.41) is 0. The van der Waals surface area contributed by atoms with Gasteiger partial charge >= 0.3 is 0 Å². The molecule has 2 heteroatoms. The van der Waals surface area contributed by atoms with E-state index < -0.39 is 0 Å². The molecule has 1 saturated carbocycles. The van der Waals surface area contributed by atoms with Crippen LogP contribution in [0.4, 0.5) is 0 Å². The highest BCUT2D eigenvalue weighted by atomic mass is 28.2. The molecule has 0 N–H and O–H groups in total. The molecule has 0 aromatic heterocycles. The molecule has 4 rings (SSSR count). The Morgan fingerprint density at radius 3 is 1.96 bits per heavy atom. The van der Waals surface area contributed by atoms with Gasteiger partial charge in [0.1, 0.15) is 10.5 Å². The van der Waals surface area contributed by atoms with Gasteiger partial charge in [-0.3, -0.25) is 0 Å². The highest BCUT2D eigenvalue weighted by Crippen LogP contribution is 2.37. The Bertz CT molecular complexity index is 780. The molecule has 1 aliphatic carbocycles. The fourth-order valence-electron chi connectivity index (χ4n) is 3.89. The molecule has 27 heavy (non-hydrogen) atoms. The van der Waals surface area contributed by atoms with E-state index in [2.05, 4.69) is 66.7 Å². The van der Waals surface area contributed by atoms with Gasteiger partial charge in [-0.25, -0.2) is 0 Å². The van der Waals surface area contributed by atoms with Crippen LogP contribution in [0.2, 0.25) is 0 Å². The molecule has 0 heterocycles. The third kappa shape index (κ3) is 5.91. The fourth-order valence-corrected chi connectivity index (χ4v) is 4.22. The Balaban J connectivity index is 0.000000197.